The highest BCUT2D eigenvalue weighted by Gasteiger charge is 2.13. The van der Waals surface area contributed by atoms with E-state index in [1.165, 1.54) is 0 Å². The topological polar surface area (TPSA) is 32.3 Å². The SMILES string of the molecule is CCN(C(=O)CCNC)C(C)C. The summed E-state index contributed by atoms with van der Waals surface area (Å²) in [4.78, 5) is 13.3. The molecule has 3 nitrogen and oxygen atoms in total. The number of nitrogens with one attached hydrogen (secondary N) is 1. The van der Waals surface area contributed by atoms with Crippen molar-refractivity contribution < 1.29 is 4.79 Å². The minimum Gasteiger partial charge on any atom is -0.341 e. The Balaban J connectivity index is 3.86. The molecule has 0 saturated carbocycles. The summed E-state index contributed by atoms with van der Waals surface area (Å²) < 4.78 is 0. The Bertz CT molecular complexity index is 134. The minimum atomic E-state index is 0.238. The van der Waals surface area contributed by atoms with Crippen LogP contribution in [0.5, 0.6) is 0 Å². The summed E-state index contributed by atoms with van der Waals surface area (Å²) in [5, 5.41) is 2.97. The Morgan fingerprint density at radius 2 is 2.08 bits per heavy atom. The fourth-order valence-electron chi connectivity index (χ4n) is 1.21. The predicted octanol–water partition coefficient (Wildman–Crippen LogP) is 0.853. The van der Waals surface area contributed by atoms with E-state index in [9.17, 15) is 4.79 Å². The molecule has 0 aromatic carbocycles. The minimum absolute atomic E-state index is 0.238. The smallest absolute Gasteiger partial charge is 0.224 e. The number of rotatable bonds is 5. The van der Waals surface area contributed by atoms with E-state index in [1.54, 1.807) is 0 Å². The quantitative estimate of drug-likeness (QED) is 0.667. The first-order chi connectivity index (χ1) is 5.63. The highest BCUT2D eigenvalue weighted by atomic mass is 16.2. The van der Waals surface area contributed by atoms with E-state index in [4.69, 9.17) is 0 Å². The lowest BCUT2D eigenvalue weighted by Crippen LogP contribution is -2.37. The Morgan fingerprint density at radius 1 is 1.50 bits per heavy atom. The molecule has 0 rings (SSSR count). The molecule has 72 valence electrons. The molecule has 0 unspecified atom stereocenters. The van der Waals surface area contributed by atoms with Crippen molar-refractivity contribution in [2.45, 2.75) is 33.2 Å². The number of amides is 1. The van der Waals surface area contributed by atoms with Gasteiger partial charge in [-0.15, -0.1) is 0 Å². The molecule has 0 aromatic rings. The lowest BCUT2D eigenvalue weighted by molar-refractivity contribution is -0.132. The maximum atomic E-state index is 11.5. The molecule has 0 aliphatic carbocycles. The van der Waals surface area contributed by atoms with E-state index < -0.39 is 0 Å². The Morgan fingerprint density at radius 3 is 2.42 bits per heavy atom. The molecule has 0 saturated heterocycles. The van der Waals surface area contributed by atoms with Gasteiger partial charge in [0.25, 0.3) is 0 Å². The third kappa shape index (κ3) is 3.72. The van der Waals surface area contributed by atoms with Crippen LogP contribution >= 0.6 is 0 Å². The first kappa shape index (κ1) is 11.4. The van der Waals surface area contributed by atoms with Gasteiger partial charge >= 0.3 is 0 Å². The molecule has 0 atom stereocenters. The molecule has 1 N–H and O–H groups in total. The summed E-state index contributed by atoms with van der Waals surface area (Å²) in [7, 11) is 1.86. The largest absolute Gasteiger partial charge is 0.341 e. The summed E-state index contributed by atoms with van der Waals surface area (Å²) in [5.41, 5.74) is 0. The lowest BCUT2D eigenvalue weighted by Gasteiger charge is -2.25. The van der Waals surface area contributed by atoms with Gasteiger partial charge in [0.2, 0.25) is 5.91 Å². The summed E-state index contributed by atoms with van der Waals surface area (Å²) in [5.74, 6) is 0.238. The average molecular weight is 172 g/mol. The van der Waals surface area contributed by atoms with Crippen molar-refractivity contribution in [1.82, 2.24) is 10.2 Å². The monoisotopic (exact) mass is 172 g/mol. The van der Waals surface area contributed by atoms with Gasteiger partial charge in [-0.05, 0) is 27.8 Å². The van der Waals surface area contributed by atoms with Crippen LogP contribution in [0.2, 0.25) is 0 Å². The van der Waals surface area contributed by atoms with E-state index >= 15 is 0 Å². The molecule has 1 amide bonds. The van der Waals surface area contributed by atoms with Crippen LogP contribution < -0.4 is 5.32 Å². The lowest BCUT2D eigenvalue weighted by atomic mass is 10.2. The first-order valence-corrected chi connectivity index (χ1v) is 4.57. The van der Waals surface area contributed by atoms with Gasteiger partial charge in [-0.1, -0.05) is 0 Å². The number of nitrogens with zero attached hydrogens (tertiary/aromatic N) is 1. The van der Waals surface area contributed by atoms with Gasteiger partial charge in [-0.2, -0.15) is 0 Å². The summed E-state index contributed by atoms with van der Waals surface area (Å²) in [6.07, 6.45) is 0.600. The zero-order chi connectivity index (χ0) is 9.56. The van der Waals surface area contributed by atoms with E-state index in [2.05, 4.69) is 5.32 Å². The van der Waals surface area contributed by atoms with Crippen molar-refractivity contribution in [1.29, 1.82) is 0 Å². The van der Waals surface area contributed by atoms with E-state index in [1.807, 2.05) is 32.7 Å². The van der Waals surface area contributed by atoms with Crippen molar-refractivity contribution in [3.05, 3.63) is 0 Å². The maximum absolute atomic E-state index is 11.5. The van der Waals surface area contributed by atoms with Crippen LogP contribution in [-0.2, 0) is 4.79 Å². The standard InChI is InChI=1S/C9H20N2O/c1-5-11(8(2)3)9(12)6-7-10-4/h8,10H,5-7H2,1-4H3. The normalized spacial score (nSPS) is 10.4. The Labute approximate surface area is 75.1 Å². The molecule has 0 heterocycles. The number of hydrogen-bond acceptors (Lipinski definition) is 2. The summed E-state index contributed by atoms with van der Waals surface area (Å²) >= 11 is 0. The van der Waals surface area contributed by atoms with Crippen LogP contribution in [0.15, 0.2) is 0 Å². The van der Waals surface area contributed by atoms with Crippen LogP contribution in [0.25, 0.3) is 0 Å². The Kier molecular flexibility index (Phi) is 5.72. The van der Waals surface area contributed by atoms with Crippen LogP contribution in [0.1, 0.15) is 27.2 Å². The highest BCUT2D eigenvalue weighted by Crippen LogP contribution is 2.00. The van der Waals surface area contributed by atoms with Crippen molar-refractivity contribution in [3.63, 3.8) is 0 Å². The van der Waals surface area contributed by atoms with Crippen molar-refractivity contribution in [2.24, 2.45) is 0 Å². The first-order valence-electron chi connectivity index (χ1n) is 4.57. The second-order valence-corrected chi connectivity index (χ2v) is 3.13. The van der Waals surface area contributed by atoms with Crippen molar-refractivity contribution >= 4 is 5.91 Å². The zero-order valence-corrected chi connectivity index (χ0v) is 8.55. The van der Waals surface area contributed by atoms with Gasteiger partial charge in [0.1, 0.15) is 0 Å². The molecule has 3 heteroatoms. The summed E-state index contributed by atoms with van der Waals surface area (Å²) in [6.45, 7) is 7.67. The molecule has 0 aliphatic heterocycles. The van der Waals surface area contributed by atoms with Crippen LogP contribution in [0, 0.1) is 0 Å². The third-order valence-electron chi connectivity index (χ3n) is 1.87. The molecule has 0 radical (unpaired) electrons. The highest BCUT2D eigenvalue weighted by molar-refractivity contribution is 5.76. The molecule has 0 spiro atoms. The molecular formula is C9H20N2O. The van der Waals surface area contributed by atoms with Gasteiger partial charge in [-0.3, -0.25) is 4.79 Å². The maximum Gasteiger partial charge on any atom is 0.224 e. The molecule has 0 fully saturated rings. The fourth-order valence-corrected chi connectivity index (χ4v) is 1.21. The number of carbonyl (C=O) groups is 1. The van der Waals surface area contributed by atoms with Crippen LogP contribution in [-0.4, -0.2) is 37.0 Å². The zero-order valence-electron chi connectivity index (χ0n) is 8.55. The van der Waals surface area contributed by atoms with Crippen molar-refractivity contribution in [2.75, 3.05) is 20.1 Å². The van der Waals surface area contributed by atoms with E-state index in [0.717, 1.165) is 13.1 Å². The van der Waals surface area contributed by atoms with Gasteiger partial charge < -0.3 is 10.2 Å². The summed E-state index contributed by atoms with van der Waals surface area (Å²) in [6, 6.07) is 0.319. The predicted molar refractivity (Wildman–Crippen MR) is 51.1 cm³/mol. The molecule has 12 heavy (non-hydrogen) atoms. The van der Waals surface area contributed by atoms with E-state index in [0.29, 0.717) is 12.5 Å². The van der Waals surface area contributed by atoms with Crippen LogP contribution in [0.4, 0.5) is 0 Å². The second-order valence-electron chi connectivity index (χ2n) is 3.13. The number of carbonyl (C=O) groups excluding carboxylic acids is 1. The Hall–Kier alpha value is -0.570. The molecule has 0 bridgehead atoms. The van der Waals surface area contributed by atoms with E-state index in [-0.39, 0.29) is 5.91 Å². The van der Waals surface area contributed by atoms with Gasteiger partial charge in [0.15, 0.2) is 0 Å². The van der Waals surface area contributed by atoms with Crippen molar-refractivity contribution in [3.8, 4) is 0 Å². The van der Waals surface area contributed by atoms with Crippen LogP contribution in [0.3, 0.4) is 0 Å². The molecule has 0 aliphatic rings. The second kappa shape index (κ2) is 6.00. The van der Waals surface area contributed by atoms with Gasteiger partial charge in [0, 0.05) is 25.6 Å². The van der Waals surface area contributed by atoms with Gasteiger partial charge in [0.05, 0.1) is 0 Å². The fraction of sp³-hybridized carbons (Fsp3) is 0.889. The number of hydrogen-bond donors (Lipinski definition) is 1. The average Bonchev–Trinajstić information content (AvgIpc) is 2.01. The third-order valence-corrected chi connectivity index (χ3v) is 1.87. The molecule has 0 aromatic heterocycles. The van der Waals surface area contributed by atoms with Gasteiger partial charge in [-0.25, -0.2) is 0 Å². The molecular weight excluding hydrogens is 152 g/mol.